The molecule has 1 aromatic carbocycles. The molecule has 0 fully saturated rings. The van der Waals surface area contributed by atoms with Crippen molar-refractivity contribution in [3.8, 4) is 0 Å². The SMILES string of the molecule is Cc1c(C(C)N)cnn1CCCc1ccccc1. The van der Waals surface area contributed by atoms with E-state index < -0.39 is 0 Å². The lowest BCUT2D eigenvalue weighted by Gasteiger charge is -2.07. The summed E-state index contributed by atoms with van der Waals surface area (Å²) in [4.78, 5) is 0. The van der Waals surface area contributed by atoms with Gasteiger partial charge in [-0.15, -0.1) is 0 Å². The number of aryl methyl sites for hydroxylation is 2. The fourth-order valence-corrected chi connectivity index (χ4v) is 2.21. The average Bonchev–Trinajstić information content (AvgIpc) is 2.73. The lowest BCUT2D eigenvalue weighted by Crippen LogP contribution is -2.08. The minimum atomic E-state index is 0.0628. The Morgan fingerprint density at radius 2 is 2.00 bits per heavy atom. The Morgan fingerprint density at radius 3 is 2.61 bits per heavy atom. The summed E-state index contributed by atoms with van der Waals surface area (Å²) in [5.41, 5.74) is 9.62. The van der Waals surface area contributed by atoms with Gasteiger partial charge in [0.15, 0.2) is 0 Å². The van der Waals surface area contributed by atoms with Crippen LogP contribution in [0.2, 0.25) is 0 Å². The zero-order chi connectivity index (χ0) is 13.0. The Kier molecular flexibility index (Phi) is 4.15. The monoisotopic (exact) mass is 243 g/mol. The first-order valence-electron chi connectivity index (χ1n) is 6.50. The van der Waals surface area contributed by atoms with E-state index in [9.17, 15) is 0 Å². The van der Waals surface area contributed by atoms with Crippen molar-refractivity contribution in [2.45, 2.75) is 39.3 Å². The average molecular weight is 243 g/mol. The van der Waals surface area contributed by atoms with Crippen molar-refractivity contribution in [1.29, 1.82) is 0 Å². The van der Waals surface area contributed by atoms with E-state index in [4.69, 9.17) is 5.73 Å². The third kappa shape index (κ3) is 2.99. The van der Waals surface area contributed by atoms with Gasteiger partial charge in [0, 0.05) is 23.8 Å². The third-order valence-electron chi connectivity index (χ3n) is 3.31. The number of nitrogens with zero attached hydrogens (tertiary/aromatic N) is 2. The summed E-state index contributed by atoms with van der Waals surface area (Å²) in [5.74, 6) is 0. The van der Waals surface area contributed by atoms with Gasteiger partial charge in [-0.25, -0.2) is 0 Å². The molecule has 0 radical (unpaired) electrons. The Bertz CT molecular complexity index is 486. The Morgan fingerprint density at radius 1 is 1.28 bits per heavy atom. The smallest absolute Gasteiger partial charge is 0.0540 e. The number of aromatic nitrogens is 2. The maximum atomic E-state index is 5.89. The molecular weight excluding hydrogens is 222 g/mol. The van der Waals surface area contributed by atoms with Crippen LogP contribution in [0.5, 0.6) is 0 Å². The van der Waals surface area contributed by atoms with E-state index >= 15 is 0 Å². The highest BCUT2D eigenvalue weighted by molar-refractivity contribution is 5.19. The van der Waals surface area contributed by atoms with E-state index in [1.807, 2.05) is 13.1 Å². The van der Waals surface area contributed by atoms with Crippen LogP contribution in [0.1, 0.15) is 36.2 Å². The van der Waals surface area contributed by atoms with Crippen molar-refractivity contribution in [3.05, 3.63) is 53.3 Å². The molecule has 2 rings (SSSR count). The van der Waals surface area contributed by atoms with Gasteiger partial charge in [-0.3, -0.25) is 4.68 Å². The van der Waals surface area contributed by atoms with E-state index in [-0.39, 0.29) is 6.04 Å². The van der Waals surface area contributed by atoms with Crippen molar-refractivity contribution < 1.29 is 0 Å². The van der Waals surface area contributed by atoms with E-state index in [0.29, 0.717) is 0 Å². The zero-order valence-electron chi connectivity index (χ0n) is 11.1. The van der Waals surface area contributed by atoms with Gasteiger partial charge in [-0.2, -0.15) is 5.10 Å². The lowest BCUT2D eigenvalue weighted by molar-refractivity contribution is 0.563. The Labute approximate surface area is 109 Å². The second-order valence-corrected chi connectivity index (χ2v) is 4.79. The van der Waals surface area contributed by atoms with Gasteiger partial charge in [0.1, 0.15) is 0 Å². The molecule has 18 heavy (non-hydrogen) atoms. The predicted molar refractivity (Wildman–Crippen MR) is 74.3 cm³/mol. The molecule has 1 aromatic heterocycles. The summed E-state index contributed by atoms with van der Waals surface area (Å²) in [6, 6.07) is 10.6. The fourth-order valence-electron chi connectivity index (χ4n) is 2.21. The highest BCUT2D eigenvalue weighted by Gasteiger charge is 2.09. The molecule has 0 saturated heterocycles. The lowest BCUT2D eigenvalue weighted by atomic mass is 10.1. The quantitative estimate of drug-likeness (QED) is 0.877. The summed E-state index contributed by atoms with van der Waals surface area (Å²) in [5, 5.41) is 4.40. The molecule has 0 amide bonds. The van der Waals surface area contributed by atoms with Gasteiger partial charge in [-0.1, -0.05) is 30.3 Å². The second-order valence-electron chi connectivity index (χ2n) is 4.79. The van der Waals surface area contributed by atoms with Gasteiger partial charge in [0.2, 0.25) is 0 Å². The maximum Gasteiger partial charge on any atom is 0.0540 e. The predicted octanol–water partition coefficient (Wildman–Crippen LogP) is 2.84. The minimum Gasteiger partial charge on any atom is -0.324 e. The molecule has 0 saturated carbocycles. The van der Waals surface area contributed by atoms with Crippen LogP contribution in [-0.2, 0) is 13.0 Å². The first-order valence-corrected chi connectivity index (χ1v) is 6.50. The van der Waals surface area contributed by atoms with E-state index in [2.05, 4.69) is 47.0 Å². The maximum absolute atomic E-state index is 5.89. The van der Waals surface area contributed by atoms with Gasteiger partial charge in [0.25, 0.3) is 0 Å². The van der Waals surface area contributed by atoms with Gasteiger partial charge in [0.05, 0.1) is 6.20 Å². The van der Waals surface area contributed by atoms with Crippen LogP contribution in [-0.4, -0.2) is 9.78 Å². The van der Waals surface area contributed by atoms with Crippen LogP contribution in [0.25, 0.3) is 0 Å². The highest BCUT2D eigenvalue weighted by Crippen LogP contribution is 2.15. The molecule has 2 N–H and O–H groups in total. The number of rotatable bonds is 5. The molecule has 2 aromatic rings. The van der Waals surface area contributed by atoms with Gasteiger partial charge in [-0.05, 0) is 32.3 Å². The van der Waals surface area contributed by atoms with Gasteiger partial charge < -0.3 is 5.73 Å². The van der Waals surface area contributed by atoms with E-state index in [0.717, 1.165) is 24.9 Å². The first-order chi connectivity index (χ1) is 8.68. The standard InChI is InChI=1S/C15H21N3/c1-12(16)15-11-17-18(13(15)2)10-6-9-14-7-4-3-5-8-14/h3-5,7-8,11-12H,6,9-10,16H2,1-2H3. The van der Waals surface area contributed by atoms with Crippen LogP contribution in [0.15, 0.2) is 36.5 Å². The highest BCUT2D eigenvalue weighted by atomic mass is 15.3. The van der Waals surface area contributed by atoms with Crippen molar-refractivity contribution in [2.75, 3.05) is 0 Å². The fraction of sp³-hybridized carbons (Fsp3) is 0.400. The van der Waals surface area contributed by atoms with Gasteiger partial charge >= 0.3 is 0 Å². The molecule has 0 bridgehead atoms. The van der Waals surface area contributed by atoms with Crippen molar-refractivity contribution >= 4 is 0 Å². The van der Waals surface area contributed by atoms with Crippen LogP contribution in [0, 0.1) is 6.92 Å². The Balaban J connectivity index is 1.91. The molecule has 1 atom stereocenters. The topological polar surface area (TPSA) is 43.8 Å². The molecular formula is C15H21N3. The molecule has 96 valence electrons. The zero-order valence-corrected chi connectivity index (χ0v) is 11.1. The van der Waals surface area contributed by atoms with Crippen LogP contribution in [0.3, 0.4) is 0 Å². The molecule has 0 aliphatic rings. The second kappa shape index (κ2) is 5.83. The number of benzene rings is 1. The summed E-state index contributed by atoms with van der Waals surface area (Å²) >= 11 is 0. The minimum absolute atomic E-state index is 0.0628. The van der Waals surface area contributed by atoms with E-state index in [1.165, 1.54) is 11.3 Å². The molecule has 0 spiro atoms. The van der Waals surface area contributed by atoms with Crippen molar-refractivity contribution in [2.24, 2.45) is 5.73 Å². The normalized spacial score (nSPS) is 12.6. The molecule has 1 heterocycles. The van der Waals surface area contributed by atoms with Crippen LogP contribution in [0.4, 0.5) is 0 Å². The molecule has 1 unspecified atom stereocenters. The number of nitrogens with two attached hydrogens (primary N) is 1. The largest absolute Gasteiger partial charge is 0.324 e. The molecule has 0 aliphatic carbocycles. The molecule has 0 aliphatic heterocycles. The number of hydrogen-bond donors (Lipinski definition) is 1. The first kappa shape index (κ1) is 12.8. The van der Waals surface area contributed by atoms with E-state index in [1.54, 1.807) is 0 Å². The van der Waals surface area contributed by atoms with Crippen LogP contribution >= 0.6 is 0 Å². The summed E-state index contributed by atoms with van der Waals surface area (Å²) < 4.78 is 2.06. The van der Waals surface area contributed by atoms with Crippen molar-refractivity contribution in [3.63, 3.8) is 0 Å². The number of hydrogen-bond acceptors (Lipinski definition) is 2. The summed E-state index contributed by atoms with van der Waals surface area (Å²) in [6.07, 6.45) is 4.08. The summed E-state index contributed by atoms with van der Waals surface area (Å²) in [6.45, 7) is 5.04. The van der Waals surface area contributed by atoms with Crippen LogP contribution < -0.4 is 5.73 Å². The Hall–Kier alpha value is -1.61. The van der Waals surface area contributed by atoms with Crippen molar-refractivity contribution in [1.82, 2.24) is 9.78 Å². The molecule has 3 heteroatoms. The summed E-state index contributed by atoms with van der Waals surface area (Å²) in [7, 11) is 0. The molecule has 3 nitrogen and oxygen atoms in total. The third-order valence-corrected chi connectivity index (χ3v) is 3.31.